The molecule has 0 bridgehead atoms. The number of hydrogen-bond acceptors (Lipinski definition) is 3. The minimum absolute atomic E-state index is 0.0408. The van der Waals surface area contributed by atoms with Gasteiger partial charge >= 0.3 is 0 Å². The molecular formula is C32H38FN3O. The fraction of sp³-hybridized carbons (Fsp3) is 0.375. The minimum atomic E-state index is -0.201. The van der Waals surface area contributed by atoms with Crippen LogP contribution in [0.3, 0.4) is 0 Å². The lowest BCUT2D eigenvalue weighted by Gasteiger charge is -2.38. The first-order valence-corrected chi connectivity index (χ1v) is 13.3. The van der Waals surface area contributed by atoms with Crippen molar-refractivity contribution in [1.29, 1.82) is 0 Å². The number of piperidine rings is 1. The maximum atomic E-state index is 14.1. The molecule has 1 aliphatic heterocycles. The summed E-state index contributed by atoms with van der Waals surface area (Å²) >= 11 is 0. The normalized spacial score (nSPS) is 14.6. The van der Waals surface area contributed by atoms with Crippen LogP contribution in [0.1, 0.15) is 60.3 Å². The molecule has 0 atom stereocenters. The van der Waals surface area contributed by atoms with E-state index in [0.29, 0.717) is 23.7 Å². The average molecular weight is 500 g/mol. The zero-order valence-corrected chi connectivity index (χ0v) is 22.3. The smallest absolute Gasteiger partial charge is 0.272 e. The SMILES string of the molecule is C=Cc1ccc(C(=O)N(Cc2ccc(-c3ccc(C)c(F)c3)cc2)C2CCN(CCC(C)C)CC2)nc1. The third kappa shape index (κ3) is 6.92. The average Bonchev–Trinajstić information content (AvgIpc) is 2.92. The minimum Gasteiger partial charge on any atom is -0.330 e. The molecule has 1 fully saturated rings. The number of amides is 1. The van der Waals surface area contributed by atoms with E-state index in [1.165, 1.54) is 6.42 Å². The number of aryl methyl sites for hydroxylation is 1. The molecule has 4 rings (SSSR count). The van der Waals surface area contributed by atoms with Gasteiger partial charge in [0.05, 0.1) is 0 Å². The van der Waals surface area contributed by atoms with Crippen LogP contribution >= 0.6 is 0 Å². The molecule has 0 N–H and O–H groups in total. The van der Waals surface area contributed by atoms with E-state index in [-0.39, 0.29) is 17.8 Å². The summed E-state index contributed by atoms with van der Waals surface area (Å²) in [6.45, 7) is 13.7. The van der Waals surface area contributed by atoms with E-state index in [4.69, 9.17) is 0 Å². The molecule has 194 valence electrons. The van der Waals surface area contributed by atoms with Gasteiger partial charge in [0.1, 0.15) is 11.5 Å². The number of carbonyl (C=O) groups is 1. The Hall–Kier alpha value is -3.31. The summed E-state index contributed by atoms with van der Waals surface area (Å²) in [5.41, 5.74) is 4.85. The van der Waals surface area contributed by atoms with Gasteiger partial charge < -0.3 is 9.80 Å². The number of carbonyl (C=O) groups excluding carboxylic acids is 1. The predicted octanol–water partition coefficient (Wildman–Crippen LogP) is 6.99. The lowest BCUT2D eigenvalue weighted by molar-refractivity contribution is 0.0540. The number of hydrogen-bond donors (Lipinski definition) is 0. The molecule has 0 radical (unpaired) electrons. The molecule has 0 spiro atoms. The van der Waals surface area contributed by atoms with Crippen LogP contribution in [0.5, 0.6) is 0 Å². The van der Waals surface area contributed by atoms with Crippen molar-refractivity contribution in [2.75, 3.05) is 19.6 Å². The van der Waals surface area contributed by atoms with Crippen molar-refractivity contribution in [3.8, 4) is 11.1 Å². The Morgan fingerprint density at radius 1 is 1.11 bits per heavy atom. The summed E-state index contributed by atoms with van der Waals surface area (Å²) in [5.74, 6) is 0.453. The summed E-state index contributed by atoms with van der Waals surface area (Å²) in [6.07, 6.45) is 6.53. The molecule has 4 nitrogen and oxygen atoms in total. The van der Waals surface area contributed by atoms with E-state index >= 15 is 0 Å². The number of benzene rings is 2. The van der Waals surface area contributed by atoms with Crippen molar-refractivity contribution in [3.05, 3.63) is 95.6 Å². The molecule has 1 saturated heterocycles. The number of pyridine rings is 1. The largest absolute Gasteiger partial charge is 0.330 e. The Morgan fingerprint density at radius 2 is 1.81 bits per heavy atom. The Morgan fingerprint density at radius 3 is 2.41 bits per heavy atom. The highest BCUT2D eigenvalue weighted by Gasteiger charge is 2.29. The highest BCUT2D eigenvalue weighted by molar-refractivity contribution is 5.92. The molecular weight excluding hydrogens is 461 g/mol. The van der Waals surface area contributed by atoms with E-state index in [1.54, 1.807) is 37.4 Å². The third-order valence-electron chi connectivity index (χ3n) is 7.33. The first-order chi connectivity index (χ1) is 17.8. The van der Waals surface area contributed by atoms with Crippen molar-refractivity contribution in [3.63, 3.8) is 0 Å². The van der Waals surface area contributed by atoms with Crippen LogP contribution in [-0.4, -0.2) is 46.4 Å². The van der Waals surface area contributed by atoms with Crippen LogP contribution in [0.2, 0.25) is 0 Å². The van der Waals surface area contributed by atoms with Crippen LogP contribution in [0.4, 0.5) is 4.39 Å². The van der Waals surface area contributed by atoms with Crippen LogP contribution in [0, 0.1) is 18.7 Å². The Labute approximate surface area is 220 Å². The van der Waals surface area contributed by atoms with Crippen LogP contribution in [0.15, 0.2) is 67.4 Å². The first kappa shape index (κ1) is 26.7. The van der Waals surface area contributed by atoms with Gasteiger partial charge in [0.25, 0.3) is 5.91 Å². The number of nitrogens with zero attached hydrogens (tertiary/aromatic N) is 3. The molecule has 1 amide bonds. The van der Waals surface area contributed by atoms with E-state index in [2.05, 4.69) is 30.3 Å². The fourth-order valence-corrected chi connectivity index (χ4v) is 4.83. The lowest BCUT2D eigenvalue weighted by atomic mass is 9.99. The van der Waals surface area contributed by atoms with Crippen LogP contribution < -0.4 is 0 Å². The van der Waals surface area contributed by atoms with Gasteiger partial charge in [-0.15, -0.1) is 0 Å². The fourth-order valence-electron chi connectivity index (χ4n) is 4.83. The first-order valence-electron chi connectivity index (χ1n) is 13.3. The summed E-state index contributed by atoms with van der Waals surface area (Å²) in [7, 11) is 0. The standard InChI is InChI=1S/C32H38FN3O/c1-5-25-9-13-31(34-21-25)32(37)36(29-15-18-35(19-16-29)17-14-23(2)3)22-26-7-11-27(12-8-26)28-10-6-24(4)30(33)20-28/h5-13,20-21,23,29H,1,14-19,22H2,2-4H3. The lowest BCUT2D eigenvalue weighted by Crippen LogP contribution is -2.47. The molecule has 3 aromatic rings. The molecule has 5 heteroatoms. The van der Waals surface area contributed by atoms with Crippen LogP contribution in [-0.2, 0) is 6.54 Å². The number of rotatable bonds is 9. The van der Waals surface area contributed by atoms with E-state index in [1.807, 2.05) is 41.3 Å². The van der Waals surface area contributed by atoms with Gasteiger partial charge in [-0.2, -0.15) is 0 Å². The molecule has 0 unspecified atom stereocenters. The van der Waals surface area contributed by atoms with Gasteiger partial charge in [-0.25, -0.2) is 4.39 Å². The second kappa shape index (κ2) is 12.3. The van der Waals surface area contributed by atoms with E-state index < -0.39 is 0 Å². The summed E-state index contributed by atoms with van der Waals surface area (Å²) in [5, 5.41) is 0. The predicted molar refractivity (Wildman–Crippen MR) is 150 cm³/mol. The van der Waals surface area contributed by atoms with Crippen molar-refractivity contribution in [2.24, 2.45) is 5.92 Å². The molecule has 37 heavy (non-hydrogen) atoms. The quantitative estimate of drug-likeness (QED) is 0.318. The van der Waals surface area contributed by atoms with Gasteiger partial charge in [0, 0.05) is 31.9 Å². The van der Waals surface area contributed by atoms with Gasteiger partial charge in [-0.1, -0.05) is 69.0 Å². The van der Waals surface area contributed by atoms with Crippen LogP contribution in [0.25, 0.3) is 17.2 Å². The monoisotopic (exact) mass is 499 g/mol. The summed E-state index contributed by atoms with van der Waals surface area (Å²) in [6, 6.07) is 17.3. The molecule has 0 saturated carbocycles. The maximum absolute atomic E-state index is 14.1. The van der Waals surface area contributed by atoms with Crippen molar-refractivity contribution >= 4 is 12.0 Å². The Kier molecular flexibility index (Phi) is 8.88. The maximum Gasteiger partial charge on any atom is 0.272 e. The van der Waals surface area contributed by atoms with Gasteiger partial charge in [0.15, 0.2) is 0 Å². The van der Waals surface area contributed by atoms with E-state index in [9.17, 15) is 9.18 Å². The van der Waals surface area contributed by atoms with Gasteiger partial charge in [-0.05, 0) is 78.6 Å². The van der Waals surface area contributed by atoms with Crippen molar-refractivity contribution in [1.82, 2.24) is 14.8 Å². The second-order valence-electron chi connectivity index (χ2n) is 10.5. The zero-order chi connectivity index (χ0) is 26.4. The highest BCUT2D eigenvalue weighted by atomic mass is 19.1. The summed E-state index contributed by atoms with van der Waals surface area (Å²) in [4.78, 5) is 22.6. The second-order valence-corrected chi connectivity index (χ2v) is 10.5. The van der Waals surface area contributed by atoms with Gasteiger partial charge in [0.2, 0.25) is 0 Å². The number of likely N-dealkylation sites (tertiary alicyclic amines) is 1. The molecule has 1 aromatic heterocycles. The number of halogens is 1. The van der Waals surface area contributed by atoms with Crippen molar-refractivity contribution in [2.45, 2.75) is 52.6 Å². The molecule has 0 aliphatic carbocycles. The zero-order valence-electron chi connectivity index (χ0n) is 22.3. The molecule has 1 aliphatic rings. The molecule has 2 heterocycles. The molecule has 2 aromatic carbocycles. The highest BCUT2D eigenvalue weighted by Crippen LogP contribution is 2.25. The van der Waals surface area contributed by atoms with Crippen molar-refractivity contribution < 1.29 is 9.18 Å². The number of aromatic nitrogens is 1. The topological polar surface area (TPSA) is 36.4 Å². The summed E-state index contributed by atoms with van der Waals surface area (Å²) < 4.78 is 14.1. The third-order valence-corrected chi connectivity index (χ3v) is 7.33. The van der Waals surface area contributed by atoms with Gasteiger partial charge in [-0.3, -0.25) is 9.78 Å². The Balaban J connectivity index is 1.52. The van der Waals surface area contributed by atoms with E-state index in [0.717, 1.165) is 54.7 Å². The Bertz CT molecular complexity index is 1200.